The Morgan fingerprint density at radius 3 is 2.17 bits per heavy atom. The summed E-state index contributed by atoms with van der Waals surface area (Å²) in [6, 6.07) is 7.39. The quantitative estimate of drug-likeness (QED) is 0.572. The summed E-state index contributed by atoms with van der Waals surface area (Å²) in [5.74, 6) is 0.403. The summed E-state index contributed by atoms with van der Waals surface area (Å²) in [6.07, 6.45) is 0.896. The van der Waals surface area contributed by atoms with Gasteiger partial charge in [-0.3, -0.25) is 0 Å². The van der Waals surface area contributed by atoms with Crippen LogP contribution in [0.1, 0.15) is 12.5 Å². The van der Waals surface area contributed by atoms with Crippen molar-refractivity contribution in [1.29, 1.82) is 0 Å². The smallest absolute Gasteiger partial charge is 0.222 e. The number of benzene rings is 1. The molecular formula is C8H12Cl2OSi. The molecule has 0 saturated heterocycles. The van der Waals surface area contributed by atoms with E-state index in [-0.39, 0.29) is 0 Å². The maximum absolute atomic E-state index is 9.11. The van der Waals surface area contributed by atoms with Gasteiger partial charge < -0.3 is 5.11 Å². The van der Waals surface area contributed by atoms with Gasteiger partial charge in [-0.2, -0.15) is 22.2 Å². The molecule has 1 aromatic carbocycles. The second-order valence-corrected chi connectivity index (χ2v) is 4.71. The van der Waals surface area contributed by atoms with Crippen molar-refractivity contribution in [3.8, 4) is 5.75 Å². The lowest BCUT2D eigenvalue weighted by atomic mass is 10.1. The van der Waals surface area contributed by atoms with Crippen molar-refractivity contribution in [2.24, 2.45) is 0 Å². The summed E-state index contributed by atoms with van der Waals surface area (Å²) < 4.78 is 0. The molecule has 0 saturated carbocycles. The van der Waals surface area contributed by atoms with Crippen LogP contribution in [0.15, 0.2) is 24.3 Å². The first-order valence-corrected chi connectivity index (χ1v) is 7.92. The van der Waals surface area contributed by atoms with Gasteiger partial charge in [0, 0.05) is 0 Å². The molecule has 0 fully saturated rings. The fourth-order valence-corrected chi connectivity index (χ4v) is 0.810. The highest BCUT2D eigenvalue weighted by atomic mass is 35.7. The third-order valence-corrected chi connectivity index (χ3v) is 1.37. The molecule has 0 aliphatic rings. The molecule has 0 unspecified atom stereocenters. The minimum absolute atomic E-state index is 0.403. The highest BCUT2D eigenvalue weighted by molar-refractivity contribution is 7.22. The first-order valence-electron chi connectivity index (χ1n) is 3.65. The van der Waals surface area contributed by atoms with Gasteiger partial charge in [0.25, 0.3) is 0 Å². The van der Waals surface area contributed by atoms with Crippen LogP contribution in [0.3, 0.4) is 0 Å². The summed E-state index contributed by atoms with van der Waals surface area (Å²) in [7, 11) is -0.639. The van der Waals surface area contributed by atoms with Crippen LogP contribution >= 0.6 is 22.2 Å². The van der Waals surface area contributed by atoms with Crippen LogP contribution in [0, 0.1) is 0 Å². The van der Waals surface area contributed by atoms with Crippen molar-refractivity contribution >= 4 is 30.3 Å². The highest BCUT2D eigenvalue weighted by Gasteiger charge is 1.92. The van der Waals surface area contributed by atoms with Gasteiger partial charge in [-0.15, -0.1) is 0 Å². The average molecular weight is 223 g/mol. The summed E-state index contributed by atoms with van der Waals surface area (Å²) >= 11 is 9.81. The molecule has 0 aliphatic carbocycles. The van der Waals surface area contributed by atoms with E-state index in [1.807, 2.05) is 25.1 Å². The molecule has 1 aromatic rings. The largest absolute Gasteiger partial charge is 0.508 e. The van der Waals surface area contributed by atoms with Crippen molar-refractivity contribution in [2.45, 2.75) is 13.3 Å². The number of para-hydroxylation sites is 1. The van der Waals surface area contributed by atoms with Crippen LogP contribution in [0.25, 0.3) is 0 Å². The van der Waals surface area contributed by atoms with Gasteiger partial charge in [0.1, 0.15) is 5.75 Å². The molecule has 0 aliphatic heterocycles. The predicted molar refractivity (Wildman–Crippen MR) is 57.7 cm³/mol. The van der Waals surface area contributed by atoms with Crippen molar-refractivity contribution in [1.82, 2.24) is 0 Å². The summed E-state index contributed by atoms with van der Waals surface area (Å²) in [5, 5.41) is 9.11. The van der Waals surface area contributed by atoms with Gasteiger partial charge in [0.15, 0.2) is 0 Å². The summed E-state index contributed by atoms with van der Waals surface area (Å²) in [5.41, 5.74) is 1.01. The predicted octanol–water partition coefficient (Wildman–Crippen LogP) is 2.42. The Kier molecular flexibility index (Phi) is 7.35. The van der Waals surface area contributed by atoms with Gasteiger partial charge in [-0.1, -0.05) is 25.1 Å². The zero-order valence-electron chi connectivity index (χ0n) is 6.93. The van der Waals surface area contributed by atoms with E-state index in [2.05, 4.69) is 0 Å². The third-order valence-electron chi connectivity index (χ3n) is 1.37. The summed E-state index contributed by atoms with van der Waals surface area (Å²) in [6.45, 7) is 2.02. The first kappa shape index (κ1) is 11.8. The normalized spacial score (nSPS) is 8.58. The average Bonchev–Trinajstić information content (AvgIpc) is 2.07. The van der Waals surface area contributed by atoms with Crippen LogP contribution in [0.2, 0.25) is 0 Å². The van der Waals surface area contributed by atoms with E-state index in [0.29, 0.717) is 5.75 Å². The monoisotopic (exact) mass is 222 g/mol. The molecule has 4 heteroatoms. The van der Waals surface area contributed by atoms with E-state index in [9.17, 15) is 0 Å². The van der Waals surface area contributed by atoms with Gasteiger partial charge in [-0.25, -0.2) is 0 Å². The fraction of sp³-hybridized carbons (Fsp3) is 0.250. The van der Waals surface area contributed by atoms with E-state index in [1.54, 1.807) is 6.07 Å². The minimum Gasteiger partial charge on any atom is -0.508 e. The molecular weight excluding hydrogens is 211 g/mol. The van der Waals surface area contributed by atoms with Gasteiger partial charge >= 0.3 is 0 Å². The number of aromatic hydroxyl groups is 1. The maximum Gasteiger partial charge on any atom is 0.222 e. The fourth-order valence-electron chi connectivity index (χ4n) is 0.810. The number of rotatable bonds is 1. The molecule has 1 rings (SSSR count). The molecule has 0 radical (unpaired) electrons. The zero-order chi connectivity index (χ0) is 9.40. The van der Waals surface area contributed by atoms with Crippen molar-refractivity contribution in [3.05, 3.63) is 29.8 Å². The lowest BCUT2D eigenvalue weighted by molar-refractivity contribution is 0.469. The lowest BCUT2D eigenvalue weighted by Crippen LogP contribution is -1.77. The second-order valence-electron chi connectivity index (χ2n) is 2.08. The van der Waals surface area contributed by atoms with Crippen LogP contribution in [-0.2, 0) is 6.42 Å². The molecule has 0 aromatic heterocycles. The number of halogens is 2. The molecule has 0 atom stereocenters. The number of hydrogen-bond acceptors (Lipinski definition) is 1. The van der Waals surface area contributed by atoms with E-state index in [4.69, 9.17) is 27.3 Å². The Morgan fingerprint density at radius 2 is 1.83 bits per heavy atom. The van der Waals surface area contributed by atoms with Crippen molar-refractivity contribution in [3.63, 3.8) is 0 Å². The van der Waals surface area contributed by atoms with Gasteiger partial charge in [0.2, 0.25) is 8.14 Å². The van der Waals surface area contributed by atoms with E-state index in [0.717, 1.165) is 12.0 Å². The van der Waals surface area contributed by atoms with Crippen LogP contribution in [-0.4, -0.2) is 13.2 Å². The Morgan fingerprint density at radius 1 is 1.33 bits per heavy atom. The molecule has 12 heavy (non-hydrogen) atoms. The molecule has 0 spiro atoms. The molecule has 0 bridgehead atoms. The van der Waals surface area contributed by atoms with Crippen LogP contribution in [0.5, 0.6) is 5.75 Å². The topological polar surface area (TPSA) is 20.2 Å². The zero-order valence-corrected chi connectivity index (χ0v) is 9.85. The molecule has 1 N–H and O–H groups in total. The molecule has 68 valence electrons. The highest BCUT2D eigenvalue weighted by Crippen LogP contribution is 2.14. The van der Waals surface area contributed by atoms with Gasteiger partial charge in [0.05, 0.1) is 0 Å². The van der Waals surface area contributed by atoms with Crippen molar-refractivity contribution in [2.75, 3.05) is 0 Å². The minimum atomic E-state index is -0.639. The molecule has 0 amide bonds. The Balaban J connectivity index is 0.000000354. The lowest BCUT2D eigenvalue weighted by Gasteiger charge is -1.97. The molecule has 1 nitrogen and oxygen atoms in total. The van der Waals surface area contributed by atoms with Crippen molar-refractivity contribution < 1.29 is 5.11 Å². The van der Waals surface area contributed by atoms with Crippen LogP contribution in [0.4, 0.5) is 0 Å². The number of aryl methyl sites for hydroxylation is 1. The van der Waals surface area contributed by atoms with E-state index in [1.165, 1.54) is 0 Å². The SMILES string of the molecule is CCc1ccccc1O.Cl[SiH2]Cl. The standard InChI is InChI=1S/C8H10O.Cl2H2Si/c1-2-7-5-3-4-6-8(7)9;1-3-2/h3-6,9H,2H2,1H3;3H2. The molecule has 0 heterocycles. The van der Waals surface area contributed by atoms with E-state index >= 15 is 0 Å². The Bertz CT molecular complexity index is 218. The number of hydrogen-bond donors (Lipinski definition) is 1. The van der Waals surface area contributed by atoms with E-state index < -0.39 is 8.14 Å². The first-order chi connectivity index (χ1) is 5.76. The Hall–Kier alpha value is -0.183. The third kappa shape index (κ3) is 4.65. The maximum atomic E-state index is 9.11. The number of phenolic OH excluding ortho intramolecular Hbond substituents is 1. The van der Waals surface area contributed by atoms with Crippen LogP contribution < -0.4 is 0 Å². The van der Waals surface area contributed by atoms with Gasteiger partial charge in [-0.05, 0) is 18.1 Å². The number of phenols is 1. The second kappa shape index (κ2) is 7.47. The summed E-state index contributed by atoms with van der Waals surface area (Å²) in [4.78, 5) is 0. The Labute approximate surface area is 84.6 Å².